The molecule has 0 unspecified atom stereocenters. The molecule has 3 heterocycles. The Balaban J connectivity index is 1.93. The van der Waals surface area contributed by atoms with Crippen LogP contribution in [0.25, 0.3) is 11.0 Å². The molecular weight excluding hydrogens is 258 g/mol. The third kappa shape index (κ3) is 2.30. The molecule has 8 heteroatoms. The molecule has 0 bridgehead atoms. The van der Waals surface area contributed by atoms with Gasteiger partial charge in [0, 0.05) is 26.2 Å². The summed E-state index contributed by atoms with van der Waals surface area (Å²) >= 11 is 0. The number of amides is 1. The lowest BCUT2D eigenvalue weighted by atomic mass is 10.4. The predicted octanol–water partition coefficient (Wildman–Crippen LogP) is -0.764. The molecule has 2 aromatic rings. The molecule has 0 aromatic carbocycles. The number of nitrogens with one attached hydrogen (secondary N) is 1. The Morgan fingerprint density at radius 2 is 2.10 bits per heavy atom. The van der Waals surface area contributed by atoms with Crippen LogP contribution < -0.4 is 11.3 Å². The number of hydrazine groups is 1. The first-order valence-corrected chi connectivity index (χ1v) is 6.46. The number of carbonyl (C=O) groups is 1. The van der Waals surface area contributed by atoms with Gasteiger partial charge in [-0.05, 0) is 13.1 Å². The summed E-state index contributed by atoms with van der Waals surface area (Å²) in [6.07, 6.45) is 3.12. The molecule has 1 aliphatic rings. The van der Waals surface area contributed by atoms with Crippen molar-refractivity contribution in [2.24, 2.45) is 5.73 Å². The van der Waals surface area contributed by atoms with Crippen molar-refractivity contribution >= 4 is 16.9 Å². The van der Waals surface area contributed by atoms with Crippen LogP contribution in [-0.4, -0.2) is 63.7 Å². The molecule has 106 valence electrons. The monoisotopic (exact) mass is 275 g/mol. The van der Waals surface area contributed by atoms with Gasteiger partial charge in [0.25, 0.3) is 5.91 Å². The number of hydrogen-bond donors (Lipinski definition) is 2. The minimum atomic E-state index is -0.496. The number of nitrogens with two attached hydrogens (primary N) is 1. The Hall–Kier alpha value is -2.19. The van der Waals surface area contributed by atoms with Crippen molar-refractivity contribution in [2.75, 3.05) is 38.8 Å². The van der Waals surface area contributed by atoms with Crippen LogP contribution in [-0.2, 0) is 0 Å². The van der Waals surface area contributed by atoms with Gasteiger partial charge in [0.15, 0.2) is 0 Å². The van der Waals surface area contributed by atoms with Gasteiger partial charge in [-0.3, -0.25) is 10.3 Å². The first-order chi connectivity index (χ1) is 9.65. The maximum Gasteiger partial charge on any atom is 0.267 e. The minimum absolute atomic E-state index is 0.374. The Morgan fingerprint density at radius 1 is 1.35 bits per heavy atom. The zero-order valence-corrected chi connectivity index (χ0v) is 11.3. The van der Waals surface area contributed by atoms with Crippen LogP contribution in [0.1, 0.15) is 10.5 Å². The highest BCUT2D eigenvalue weighted by atomic mass is 16.1. The van der Waals surface area contributed by atoms with E-state index in [1.54, 1.807) is 16.9 Å². The zero-order chi connectivity index (χ0) is 14.1. The molecule has 0 atom stereocenters. The highest BCUT2D eigenvalue weighted by Gasteiger charge is 2.18. The fourth-order valence-corrected chi connectivity index (χ4v) is 2.28. The summed E-state index contributed by atoms with van der Waals surface area (Å²) in [6.45, 7) is 3.66. The highest BCUT2D eigenvalue weighted by Crippen LogP contribution is 2.15. The first-order valence-electron chi connectivity index (χ1n) is 6.46. The molecule has 1 fully saturated rings. The van der Waals surface area contributed by atoms with Crippen LogP contribution in [0.15, 0.2) is 18.6 Å². The van der Waals surface area contributed by atoms with E-state index in [4.69, 9.17) is 5.73 Å². The topological polar surface area (TPSA) is 92.3 Å². The van der Waals surface area contributed by atoms with Gasteiger partial charge in [0.1, 0.15) is 17.5 Å². The Kier molecular flexibility index (Phi) is 3.25. The average molecular weight is 275 g/mol. The molecule has 20 heavy (non-hydrogen) atoms. The Morgan fingerprint density at radius 3 is 2.80 bits per heavy atom. The summed E-state index contributed by atoms with van der Waals surface area (Å²) in [4.78, 5) is 22.0. The number of primary amides is 1. The third-order valence-electron chi connectivity index (χ3n) is 3.48. The van der Waals surface area contributed by atoms with Crippen LogP contribution in [0.3, 0.4) is 0 Å². The quantitative estimate of drug-likeness (QED) is 0.764. The molecule has 1 saturated heterocycles. The van der Waals surface area contributed by atoms with Crippen LogP contribution in [0.4, 0.5) is 0 Å². The third-order valence-corrected chi connectivity index (χ3v) is 3.48. The Bertz CT molecular complexity index is 630. The molecule has 0 spiro atoms. The molecule has 3 rings (SSSR count). The van der Waals surface area contributed by atoms with Gasteiger partial charge in [-0.1, -0.05) is 0 Å². The number of piperazine rings is 1. The number of nitrogens with zero attached hydrogens (tertiary/aromatic N) is 5. The maximum absolute atomic E-state index is 11.6. The largest absolute Gasteiger partial charge is 0.364 e. The average Bonchev–Trinajstić information content (AvgIpc) is 2.81. The van der Waals surface area contributed by atoms with Gasteiger partial charge in [-0.15, -0.1) is 0 Å². The number of rotatable bonds is 3. The summed E-state index contributed by atoms with van der Waals surface area (Å²) in [6, 6.07) is 1.67. The van der Waals surface area contributed by atoms with E-state index in [-0.39, 0.29) is 0 Å². The maximum atomic E-state index is 11.6. The van der Waals surface area contributed by atoms with Gasteiger partial charge in [0.05, 0.1) is 11.7 Å². The molecule has 0 aliphatic carbocycles. The molecule has 1 aliphatic heterocycles. The Labute approximate surface area is 116 Å². The lowest BCUT2D eigenvalue weighted by Gasteiger charge is -2.33. The van der Waals surface area contributed by atoms with Crippen LogP contribution >= 0.6 is 0 Å². The van der Waals surface area contributed by atoms with Crippen molar-refractivity contribution in [3.8, 4) is 0 Å². The van der Waals surface area contributed by atoms with E-state index in [0.717, 1.165) is 31.7 Å². The van der Waals surface area contributed by atoms with Crippen LogP contribution in [0.5, 0.6) is 0 Å². The van der Waals surface area contributed by atoms with Crippen molar-refractivity contribution in [3.05, 3.63) is 24.3 Å². The number of likely N-dealkylation sites (N-methyl/N-ethyl adjacent to an activating group) is 1. The van der Waals surface area contributed by atoms with Gasteiger partial charge >= 0.3 is 0 Å². The van der Waals surface area contributed by atoms with Crippen molar-refractivity contribution < 1.29 is 4.79 Å². The standard InChI is InChI=1S/C12H17N7O/c1-17-2-4-18(5-3-17)16-19-10(12(13)20)6-9-11(19)7-14-8-15-9/h6-8,16H,2-5H2,1H3,(H2,13,20). The predicted molar refractivity (Wildman–Crippen MR) is 74.5 cm³/mol. The molecule has 0 radical (unpaired) electrons. The van der Waals surface area contributed by atoms with Gasteiger partial charge in [0.2, 0.25) is 0 Å². The van der Waals surface area contributed by atoms with E-state index in [1.807, 2.05) is 0 Å². The summed E-state index contributed by atoms with van der Waals surface area (Å²) in [7, 11) is 2.09. The van der Waals surface area contributed by atoms with Crippen molar-refractivity contribution in [2.45, 2.75) is 0 Å². The molecule has 0 saturated carbocycles. The van der Waals surface area contributed by atoms with Crippen molar-refractivity contribution in [3.63, 3.8) is 0 Å². The fourth-order valence-electron chi connectivity index (χ4n) is 2.28. The number of carbonyl (C=O) groups excluding carboxylic acids is 1. The van der Waals surface area contributed by atoms with Gasteiger partial charge < -0.3 is 10.6 Å². The number of hydrogen-bond acceptors (Lipinski definition) is 6. The summed E-state index contributed by atoms with van der Waals surface area (Å²) in [5.41, 5.74) is 10.4. The molecule has 8 nitrogen and oxygen atoms in total. The van der Waals surface area contributed by atoms with E-state index in [0.29, 0.717) is 11.2 Å². The van der Waals surface area contributed by atoms with E-state index in [1.165, 1.54) is 6.33 Å². The number of fused-ring (bicyclic) bond motifs is 1. The first kappa shape index (κ1) is 12.8. The second-order valence-corrected chi connectivity index (χ2v) is 4.91. The van der Waals surface area contributed by atoms with Crippen molar-refractivity contribution in [1.82, 2.24) is 24.6 Å². The van der Waals surface area contributed by atoms with Crippen LogP contribution in [0, 0.1) is 0 Å². The van der Waals surface area contributed by atoms with Gasteiger partial charge in [-0.2, -0.15) is 0 Å². The van der Waals surface area contributed by atoms with Crippen LogP contribution in [0.2, 0.25) is 0 Å². The molecule has 3 N–H and O–H groups in total. The van der Waals surface area contributed by atoms with E-state index < -0.39 is 5.91 Å². The normalized spacial score (nSPS) is 17.4. The molecular formula is C12H17N7O. The smallest absolute Gasteiger partial charge is 0.267 e. The van der Waals surface area contributed by atoms with E-state index in [9.17, 15) is 4.79 Å². The minimum Gasteiger partial charge on any atom is -0.364 e. The fraction of sp³-hybridized carbons (Fsp3) is 0.417. The lowest BCUT2D eigenvalue weighted by Crippen LogP contribution is -2.49. The second-order valence-electron chi connectivity index (χ2n) is 4.91. The molecule has 1 amide bonds. The summed E-state index contributed by atoms with van der Waals surface area (Å²) in [5.74, 6) is -0.496. The SMILES string of the molecule is CN1CCN(Nn2c(C(N)=O)cc3ncncc32)CC1. The zero-order valence-electron chi connectivity index (χ0n) is 11.3. The van der Waals surface area contributed by atoms with E-state index in [2.05, 4.69) is 32.5 Å². The summed E-state index contributed by atoms with van der Waals surface area (Å²) < 4.78 is 1.66. The lowest BCUT2D eigenvalue weighted by molar-refractivity contribution is 0.0988. The summed E-state index contributed by atoms with van der Waals surface area (Å²) in [5, 5.41) is 2.05. The number of aromatic nitrogens is 3. The molecule has 2 aromatic heterocycles. The second kappa shape index (κ2) is 5.06. The van der Waals surface area contributed by atoms with E-state index >= 15 is 0 Å². The van der Waals surface area contributed by atoms with Crippen molar-refractivity contribution in [1.29, 1.82) is 0 Å². The van der Waals surface area contributed by atoms with Gasteiger partial charge in [-0.25, -0.2) is 19.7 Å². The highest BCUT2D eigenvalue weighted by molar-refractivity contribution is 5.96.